The second kappa shape index (κ2) is 9.27. The van der Waals surface area contributed by atoms with Gasteiger partial charge in [-0.15, -0.1) is 6.42 Å². The summed E-state index contributed by atoms with van der Waals surface area (Å²) in [5, 5.41) is 7.61. The quantitative estimate of drug-likeness (QED) is 0.428. The van der Waals surface area contributed by atoms with Crippen molar-refractivity contribution >= 4 is 22.4 Å². The number of nitrogens with one attached hydrogen (secondary N) is 2. The van der Waals surface area contributed by atoms with E-state index in [0.717, 1.165) is 45.7 Å². The van der Waals surface area contributed by atoms with Crippen LogP contribution >= 0.6 is 0 Å². The van der Waals surface area contributed by atoms with Crippen molar-refractivity contribution in [2.75, 3.05) is 11.9 Å². The van der Waals surface area contributed by atoms with E-state index in [2.05, 4.69) is 31.5 Å². The van der Waals surface area contributed by atoms with E-state index in [4.69, 9.17) is 11.2 Å². The Hall–Kier alpha value is -3.95. The van der Waals surface area contributed by atoms with E-state index in [-0.39, 0.29) is 0 Å². The Morgan fingerprint density at radius 3 is 2.58 bits per heavy atom. The molecule has 2 aromatic carbocycles. The van der Waals surface area contributed by atoms with Gasteiger partial charge in [0.15, 0.2) is 0 Å². The first-order valence-electron chi connectivity index (χ1n) is 11.1. The van der Waals surface area contributed by atoms with Gasteiger partial charge < -0.3 is 15.4 Å². The van der Waals surface area contributed by atoms with Crippen LogP contribution in [-0.4, -0.2) is 27.5 Å². The average molecular weight is 436 g/mol. The van der Waals surface area contributed by atoms with Crippen LogP contribution in [-0.2, 0) is 0 Å². The van der Waals surface area contributed by atoms with Crippen molar-refractivity contribution in [2.24, 2.45) is 5.92 Å². The third-order valence-corrected chi connectivity index (χ3v) is 5.88. The molecule has 164 valence electrons. The first-order chi connectivity index (χ1) is 16.2. The molecule has 2 atom stereocenters. The molecule has 6 heteroatoms. The maximum absolute atomic E-state index is 5.88. The number of rotatable bonds is 4. The molecule has 2 N–H and O–H groups in total. The van der Waals surface area contributed by atoms with E-state index in [0.29, 0.717) is 11.6 Å². The largest absolute Gasteiger partial charge is 0.455 e. The Balaban J connectivity index is 0.000000324. The van der Waals surface area contributed by atoms with Crippen molar-refractivity contribution in [2.45, 2.75) is 25.8 Å². The zero-order valence-electron chi connectivity index (χ0n) is 18.5. The molecule has 6 nitrogen and oxygen atoms in total. The summed E-state index contributed by atoms with van der Waals surface area (Å²) in [4.78, 5) is 13.0. The van der Waals surface area contributed by atoms with Gasteiger partial charge in [-0.25, -0.2) is 9.97 Å². The summed E-state index contributed by atoms with van der Waals surface area (Å²) in [5.41, 5.74) is 2.51. The van der Waals surface area contributed by atoms with Crippen molar-refractivity contribution in [3.63, 3.8) is 0 Å². The van der Waals surface area contributed by atoms with E-state index < -0.39 is 0 Å². The van der Waals surface area contributed by atoms with Gasteiger partial charge in [0, 0.05) is 23.3 Å². The van der Waals surface area contributed by atoms with Gasteiger partial charge in [0.25, 0.3) is 0 Å². The van der Waals surface area contributed by atoms with Gasteiger partial charge in [0.2, 0.25) is 5.82 Å². The van der Waals surface area contributed by atoms with Crippen LogP contribution in [0.1, 0.15) is 24.4 Å². The Morgan fingerprint density at radius 2 is 1.91 bits per heavy atom. The minimum absolute atomic E-state index is 0.350. The van der Waals surface area contributed by atoms with Crippen LogP contribution in [0.15, 0.2) is 66.9 Å². The van der Waals surface area contributed by atoms with Gasteiger partial charge in [-0.2, -0.15) is 0 Å². The molecule has 6 rings (SSSR count). The molecule has 3 heterocycles. The summed E-state index contributed by atoms with van der Waals surface area (Å²) < 4.78 is 5.88. The smallest absolute Gasteiger partial charge is 0.207 e. The number of hydrogen-bond donors (Lipinski definition) is 2. The van der Waals surface area contributed by atoms with Crippen LogP contribution in [0.25, 0.3) is 10.9 Å². The Bertz CT molecular complexity index is 1300. The molecule has 1 saturated carbocycles. The Labute approximate surface area is 193 Å². The summed E-state index contributed by atoms with van der Waals surface area (Å²) >= 11 is 0. The van der Waals surface area contributed by atoms with Gasteiger partial charge in [-0.05, 0) is 86.7 Å². The number of fused-ring (bicyclic) bond motifs is 2. The van der Waals surface area contributed by atoms with E-state index in [1.54, 1.807) is 6.20 Å². The summed E-state index contributed by atoms with van der Waals surface area (Å²) in [6.45, 7) is 3.20. The van der Waals surface area contributed by atoms with Crippen molar-refractivity contribution in [3.8, 4) is 23.8 Å². The average Bonchev–Trinajstić information content (AvgIpc) is 3.46. The van der Waals surface area contributed by atoms with Crippen molar-refractivity contribution < 1.29 is 4.74 Å². The van der Waals surface area contributed by atoms with Crippen LogP contribution in [0.2, 0.25) is 0 Å². The number of aromatic nitrogens is 3. The molecular weight excluding hydrogens is 410 g/mol. The van der Waals surface area contributed by atoms with Gasteiger partial charge in [0.05, 0.1) is 11.2 Å². The van der Waals surface area contributed by atoms with Gasteiger partial charge in [0.1, 0.15) is 17.3 Å². The van der Waals surface area contributed by atoms with Crippen molar-refractivity contribution in [3.05, 3.63) is 78.4 Å². The van der Waals surface area contributed by atoms with E-state index >= 15 is 0 Å². The fourth-order valence-electron chi connectivity index (χ4n) is 3.95. The number of benzene rings is 2. The second-order valence-electron chi connectivity index (χ2n) is 8.24. The molecule has 2 aromatic heterocycles. The van der Waals surface area contributed by atoms with Crippen LogP contribution in [0.3, 0.4) is 0 Å². The molecular formula is C27H25N5O. The first kappa shape index (κ1) is 20.9. The molecule has 2 aliphatic rings. The predicted molar refractivity (Wildman–Crippen MR) is 131 cm³/mol. The number of aryl methyl sites for hydroxylation is 1. The molecule has 1 aliphatic heterocycles. The normalized spacial score (nSPS) is 17.9. The second-order valence-corrected chi connectivity index (χ2v) is 8.24. The molecule has 0 amide bonds. The fourth-order valence-corrected chi connectivity index (χ4v) is 3.95. The van der Waals surface area contributed by atoms with Crippen molar-refractivity contribution in [1.29, 1.82) is 0 Å². The molecule has 0 radical (unpaired) electrons. The zero-order chi connectivity index (χ0) is 22.6. The molecule has 2 unspecified atom stereocenters. The lowest BCUT2D eigenvalue weighted by atomic mass is 10.2. The number of nitrogens with zero attached hydrogens (tertiary/aromatic N) is 3. The number of terminal acetylenes is 1. The first-order valence-corrected chi connectivity index (χ1v) is 11.1. The highest BCUT2D eigenvalue weighted by molar-refractivity contribution is 5.91. The summed E-state index contributed by atoms with van der Waals surface area (Å²) in [7, 11) is 0. The van der Waals surface area contributed by atoms with Crippen LogP contribution in [0.4, 0.5) is 11.5 Å². The molecule has 1 saturated heterocycles. The lowest BCUT2D eigenvalue weighted by Crippen LogP contribution is -2.10. The van der Waals surface area contributed by atoms with Crippen LogP contribution < -0.4 is 15.4 Å². The van der Waals surface area contributed by atoms with Crippen LogP contribution in [0.5, 0.6) is 11.5 Å². The van der Waals surface area contributed by atoms with E-state index in [1.807, 2.05) is 67.6 Å². The minimum Gasteiger partial charge on any atom is -0.455 e. The highest BCUT2D eigenvalue weighted by Gasteiger charge is 2.40. The van der Waals surface area contributed by atoms with Gasteiger partial charge in [-0.1, -0.05) is 12.1 Å². The Morgan fingerprint density at radius 1 is 1.06 bits per heavy atom. The molecule has 33 heavy (non-hydrogen) atoms. The monoisotopic (exact) mass is 435 g/mol. The lowest BCUT2D eigenvalue weighted by molar-refractivity contribution is 0.476. The highest BCUT2D eigenvalue weighted by Crippen LogP contribution is 2.37. The van der Waals surface area contributed by atoms with Crippen LogP contribution in [0, 0.1) is 25.2 Å². The maximum atomic E-state index is 5.88. The zero-order valence-corrected chi connectivity index (χ0v) is 18.5. The topological polar surface area (TPSA) is 72.0 Å². The summed E-state index contributed by atoms with van der Waals surface area (Å²) in [6, 6.07) is 20.1. The van der Waals surface area contributed by atoms with E-state index in [9.17, 15) is 0 Å². The predicted octanol–water partition coefficient (Wildman–Crippen LogP) is 5.22. The van der Waals surface area contributed by atoms with E-state index in [1.165, 1.54) is 19.4 Å². The number of piperidine rings is 1. The number of ether oxygens (including phenoxy) is 1. The van der Waals surface area contributed by atoms with Gasteiger partial charge in [-0.3, -0.25) is 4.98 Å². The van der Waals surface area contributed by atoms with Gasteiger partial charge >= 0.3 is 0 Å². The lowest BCUT2D eigenvalue weighted by Gasteiger charge is -2.11. The summed E-state index contributed by atoms with van der Waals surface area (Å²) in [6.07, 6.45) is 10.1. The number of para-hydroxylation sites is 1. The Kier molecular flexibility index (Phi) is 5.88. The van der Waals surface area contributed by atoms with Crippen molar-refractivity contribution in [1.82, 2.24) is 20.3 Å². The molecule has 1 aliphatic carbocycles. The highest BCUT2D eigenvalue weighted by atomic mass is 16.5. The molecule has 4 aromatic rings. The molecule has 0 bridgehead atoms. The molecule has 2 fully saturated rings. The SMILES string of the molecule is C#Cc1nc(Nc2ccc(Oc3cccnc3C)cc2)c2ccccc2n1.C1CC2CC2N1. The standard InChI is InChI=1S/C22H16N4O.C5H9N/c1-3-21-25-19-8-5-4-7-18(19)22(26-21)24-16-10-12-17(13-11-16)27-20-9-6-14-23-15(20)2;1-2-6-5-3-4(1)5/h1,4-14H,2H3,(H,24,25,26);4-6H,1-3H2. The summed E-state index contributed by atoms with van der Waals surface area (Å²) in [5.74, 6) is 6.09. The maximum Gasteiger partial charge on any atom is 0.207 e. The minimum atomic E-state index is 0.350. The number of pyridine rings is 1. The third kappa shape index (κ3) is 4.94. The molecule has 0 spiro atoms. The fraction of sp³-hybridized carbons (Fsp3) is 0.222. The number of hydrogen-bond acceptors (Lipinski definition) is 6. The third-order valence-electron chi connectivity index (χ3n) is 5.88. The number of anilines is 2.